The van der Waals surface area contributed by atoms with E-state index in [1.807, 2.05) is 0 Å². The molecular formula is C10H18. The van der Waals surface area contributed by atoms with Gasteiger partial charge in [-0.15, -0.1) is 0 Å². The summed E-state index contributed by atoms with van der Waals surface area (Å²) in [6.07, 6.45) is 10.1. The molecule has 0 radical (unpaired) electrons. The van der Waals surface area contributed by atoms with Gasteiger partial charge in [-0.05, 0) is 31.1 Å². The highest BCUT2D eigenvalue weighted by Gasteiger charge is 2.14. The van der Waals surface area contributed by atoms with Crippen LogP contribution >= 0.6 is 0 Å². The first kappa shape index (κ1) is 7.84. The van der Waals surface area contributed by atoms with E-state index in [1.54, 1.807) is 0 Å². The van der Waals surface area contributed by atoms with Gasteiger partial charge in [0, 0.05) is 0 Å². The van der Waals surface area contributed by atoms with Crippen LogP contribution in [0.15, 0.2) is 12.2 Å². The zero-order chi connectivity index (χ0) is 7.40. The summed E-state index contributed by atoms with van der Waals surface area (Å²) in [5.74, 6) is 1.90. The van der Waals surface area contributed by atoms with Crippen molar-refractivity contribution in [3.05, 3.63) is 12.2 Å². The molecule has 0 nitrogen and oxygen atoms in total. The number of hydrogen-bond donors (Lipinski definition) is 0. The molecule has 0 saturated heterocycles. The van der Waals surface area contributed by atoms with Crippen molar-refractivity contribution in [3.8, 4) is 0 Å². The second-order valence-electron chi connectivity index (χ2n) is 3.43. The predicted molar refractivity (Wildman–Crippen MR) is 45.9 cm³/mol. The van der Waals surface area contributed by atoms with Crippen molar-refractivity contribution in [3.63, 3.8) is 0 Å². The molecule has 0 amide bonds. The van der Waals surface area contributed by atoms with E-state index in [1.165, 1.54) is 25.7 Å². The Balaban J connectivity index is 2.44. The van der Waals surface area contributed by atoms with Gasteiger partial charge >= 0.3 is 0 Å². The van der Waals surface area contributed by atoms with Gasteiger partial charge in [0.15, 0.2) is 0 Å². The molecule has 1 rings (SSSR count). The number of hydrogen-bond acceptors (Lipinski definition) is 0. The number of rotatable bonds is 1. The summed E-state index contributed by atoms with van der Waals surface area (Å²) in [5, 5.41) is 0. The summed E-state index contributed by atoms with van der Waals surface area (Å²) in [6, 6.07) is 0. The van der Waals surface area contributed by atoms with E-state index in [-0.39, 0.29) is 0 Å². The van der Waals surface area contributed by atoms with Crippen LogP contribution in [0.2, 0.25) is 0 Å². The average molecular weight is 138 g/mol. The minimum Gasteiger partial charge on any atom is -0.0885 e. The molecule has 0 saturated carbocycles. The topological polar surface area (TPSA) is 0 Å². The Kier molecular flexibility index (Phi) is 2.98. The minimum absolute atomic E-state index is 0.944. The van der Waals surface area contributed by atoms with E-state index in [4.69, 9.17) is 0 Å². The molecule has 1 aliphatic rings. The maximum absolute atomic E-state index is 2.39. The van der Waals surface area contributed by atoms with Crippen LogP contribution in [0.1, 0.15) is 39.5 Å². The Morgan fingerprint density at radius 2 is 2.20 bits per heavy atom. The molecule has 0 aromatic carbocycles. The molecular weight excluding hydrogens is 120 g/mol. The summed E-state index contributed by atoms with van der Waals surface area (Å²) in [7, 11) is 0. The van der Waals surface area contributed by atoms with Gasteiger partial charge in [-0.25, -0.2) is 0 Å². The molecule has 0 heteroatoms. The summed E-state index contributed by atoms with van der Waals surface area (Å²) >= 11 is 0. The third kappa shape index (κ3) is 1.86. The van der Waals surface area contributed by atoms with E-state index in [2.05, 4.69) is 26.0 Å². The highest BCUT2D eigenvalue weighted by Crippen LogP contribution is 2.26. The quantitative estimate of drug-likeness (QED) is 0.487. The fraction of sp³-hybridized carbons (Fsp3) is 0.800. The summed E-state index contributed by atoms with van der Waals surface area (Å²) < 4.78 is 0. The Hall–Kier alpha value is -0.260. The largest absolute Gasteiger partial charge is 0.0885 e. The zero-order valence-corrected chi connectivity index (χ0v) is 7.14. The molecule has 10 heavy (non-hydrogen) atoms. The summed E-state index contributed by atoms with van der Waals surface area (Å²) in [6.45, 7) is 4.70. The van der Waals surface area contributed by atoms with Crippen LogP contribution in [0, 0.1) is 11.8 Å². The third-order valence-electron chi connectivity index (χ3n) is 2.72. The van der Waals surface area contributed by atoms with Gasteiger partial charge in [0.05, 0.1) is 0 Å². The van der Waals surface area contributed by atoms with Crippen LogP contribution in [0.25, 0.3) is 0 Å². The molecule has 0 aromatic rings. The van der Waals surface area contributed by atoms with Crippen molar-refractivity contribution in [2.24, 2.45) is 11.8 Å². The molecule has 0 aliphatic heterocycles. The fourth-order valence-corrected chi connectivity index (χ4v) is 1.79. The summed E-state index contributed by atoms with van der Waals surface area (Å²) in [5.41, 5.74) is 0. The lowest BCUT2D eigenvalue weighted by Gasteiger charge is -2.18. The molecule has 0 N–H and O–H groups in total. The van der Waals surface area contributed by atoms with E-state index in [0.717, 1.165) is 11.8 Å². The van der Waals surface area contributed by atoms with Gasteiger partial charge in [-0.2, -0.15) is 0 Å². The predicted octanol–water partition coefficient (Wildman–Crippen LogP) is 3.39. The second kappa shape index (κ2) is 3.80. The van der Waals surface area contributed by atoms with Crippen LogP contribution < -0.4 is 0 Å². The Morgan fingerprint density at radius 1 is 1.40 bits per heavy atom. The van der Waals surface area contributed by atoms with Gasteiger partial charge in [0.2, 0.25) is 0 Å². The molecule has 0 unspecified atom stereocenters. The average Bonchev–Trinajstić information content (AvgIpc) is 2.13. The van der Waals surface area contributed by atoms with Crippen LogP contribution in [0.5, 0.6) is 0 Å². The van der Waals surface area contributed by atoms with Crippen molar-refractivity contribution in [1.82, 2.24) is 0 Å². The molecule has 0 bridgehead atoms. The van der Waals surface area contributed by atoms with Crippen molar-refractivity contribution < 1.29 is 0 Å². The highest BCUT2D eigenvalue weighted by atomic mass is 14.2. The zero-order valence-electron chi connectivity index (χ0n) is 7.14. The maximum Gasteiger partial charge on any atom is -0.0320 e. The first-order chi connectivity index (χ1) is 4.84. The minimum atomic E-state index is 0.944. The lowest BCUT2D eigenvalue weighted by molar-refractivity contribution is 0.340. The van der Waals surface area contributed by atoms with Crippen LogP contribution in [0.4, 0.5) is 0 Å². The Bertz CT molecular complexity index is 113. The van der Waals surface area contributed by atoms with Crippen molar-refractivity contribution in [1.29, 1.82) is 0 Å². The van der Waals surface area contributed by atoms with E-state index >= 15 is 0 Å². The molecule has 58 valence electrons. The first-order valence-electron chi connectivity index (χ1n) is 4.49. The smallest absolute Gasteiger partial charge is 0.0320 e. The van der Waals surface area contributed by atoms with Crippen molar-refractivity contribution in [2.45, 2.75) is 39.5 Å². The van der Waals surface area contributed by atoms with Gasteiger partial charge in [0.1, 0.15) is 0 Å². The molecule has 0 aromatic heterocycles. The second-order valence-corrected chi connectivity index (χ2v) is 3.43. The van der Waals surface area contributed by atoms with Crippen molar-refractivity contribution in [2.75, 3.05) is 0 Å². The molecule has 0 fully saturated rings. The van der Waals surface area contributed by atoms with E-state index in [9.17, 15) is 0 Å². The maximum atomic E-state index is 2.39. The van der Waals surface area contributed by atoms with Gasteiger partial charge in [-0.3, -0.25) is 0 Å². The van der Waals surface area contributed by atoms with Gasteiger partial charge in [-0.1, -0.05) is 32.4 Å². The van der Waals surface area contributed by atoms with Gasteiger partial charge < -0.3 is 0 Å². The standard InChI is InChI=1S/C10H18/c1-3-10-8-6-4-5-7-9(10)2/h4,6,9-10H,3,5,7-8H2,1-2H3/t9-,10-/m0/s1. The Morgan fingerprint density at radius 3 is 2.90 bits per heavy atom. The lowest BCUT2D eigenvalue weighted by atomic mass is 9.88. The van der Waals surface area contributed by atoms with Crippen LogP contribution in [0.3, 0.4) is 0 Å². The number of allylic oxidation sites excluding steroid dienone is 2. The SMILES string of the molecule is CC[C@H]1CC=CCC[C@@H]1C. The van der Waals surface area contributed by atoms with E-state index in [0.29, 0.717) is 0 Å². The fourth-order valence-electron chi connectivity index (χ4n) is 1.79. The highest BCUT2D eigenvalue weighted by molar-refractivity contribution is 4.89. The normalized spacial score (nSPS) is 33.8. The van der Waals surface area contributed by atoms with Crippen molar-refractivity contribution >= 4 is 0 Å². The van der Waals surface area contributed by atoms with Crippen LogP contribution in [-0.2, 0) is 0 Å². The summed E-state index contributed by atoms with van der Waals surface area (Å²) in [4.78, 5) is 0. The third-order valence-corrected chi connectivity index (χ3v) is 2.72. The Labute approximate surface area is 64.3 Å². The van der Waals surface area contributed by atoms with E-state index < -0.39 is 0 Å². The molecule has 2 atom stereocenters. The molecule has 0 heterocycles. The first-order valence-corrected chi connectivity index (χ1v) is 4.49. The molecule has 0 spiro atoms. The van der Waals surface area contributed by atoms with Crippen LogP contribution in [-0.4, -0.2) is 0 Å². The lowest BCUT2D eigenvalue weighted by Crippen LogP contribution is -2.07. The van der Waals surface area contributed by atoms with Gasteiger partial charge in [0.25, 0.3) is 0 Å². The molecule has 1 aliphatic carbocycles. The monoisotopic (exact) mass is 138 g/mol.